The van der Waals surface area contributed by atoms with E-state index in [1.165, 1.54) is 18.2 Å². The largest absolute Gasteiger partial charge is 0.389 e. The first kappa shape index (κ1) is 22.0. The van der Waals surface area contributed by atoms with Crippen molar-refractivity contribution >= 4 is 17.6 Å². The first-order chi connectivity index (χ1) is 15.2. The van der Waals surface area contributed by atoms with E-state index in [1.54, 1.807) is 34.5 Å². The molecule has 0 saturated heterocycles. The van der Waals surface area contributed by atoms with E-state index in [2.05, 4.69) is 17.0 Å². The van der Waals surface area contributed by atoms with E-state index in [4.69, 9.17) is 0 Å². The zero-order chi connectivity index (χ0) is 23.2. The van der Waals surface area contributed by atoms with Crippen molar-refractivity contribution in [2.75, 3.05) is 18.9 Å². The molecule has 32 heavy (non-hydrogen) atoms. The monoisotopic (exact) mass is 441 g/mol. The Morgan fingerprint density at radius 1 is 1.41 bits per heavy atom. The van der Waals surface area contributed by atoms with Gasteiger partial charge in [-0.15, -0.1) is 6.58 Å². The number of carbonyl (C=O) groups is 2. The van der Waals surface area contributed by atoms with Gasteiger partial charge < -0.3 is 20.2 Å². The number of benzene rings is 1. The van der Waals surface area contributed by atoms with Crippen LogP contribution in [0.25, 0.3) is 0 Å². The fourth-order valence-corrected chi connectivity index (χ4v) is 4.46. The van der Waals surface area contributed by atoms with Gasteiger partial charge in [-0.3, -0.25) is 9.48 Å². The van der Waals surface area contributed by atoms with Gasteiger partial charge in [-0.05, 0) is 37.6 Å². The van der Waals surface area contributed by atoms with Crippen molar-refractivity contribution in [3.63, 3.8) is 0 Å². The van der Waals surface area contributed by atoms with E-state index in [0.29, 0.717) is 36.5 Å². The molecule has 2 aromatic rings. The zero-order valence-electron chi connectivity index (χ0n) is 18.5. The fourth-order valence-electron chi connectivity index (χ4n) is 4.46. The summed E-state index contributed by atoms with van der Waals surface area (Å²) in [6.45, 7) is 8.25. The second-order valence-electron chi connectivity index (χ2n) is 8.70. The zero-order valence-corrected chi connectivity index (χ0v) is 18.5. The molecule has 0 bridgehead atoms. The lowest BCUT2D eigenvalue weighted by Crippen LogP contribution is -2.45. The number of anilines is 1. The number of hydrogen-bond donors (Lipinski definition) is 2. The van der Waals surface area contributed by atoms with Gasteiger partial charge in [0, 0.05) is 49.8 Å². The Bertz CT molecular complexity index is 1080. The molecular weight excluding hydrogens is 413 g/mol. The molecule has 0 aliphatic carbocycles. The fraction of sp³-hybridized carbons (Fsp3) is 0.435. The minimum absolute atomic E-state index is 0.134. The number of carbonyl (C=O) groups excluding carboxylic acids is 2. The molecule has 3 heterocycles. The molecule has 0 fully saturated rings. The van der Waals surface area contributed by atoms with Gasteiger partial charge in [-0.1, -0.05) is 6.08 Å². The lowest BCUT2D eigenvalue weighted by molar-refractivity contribution is 0.0724. The van der Waals surface area contributed by atoms with Crippen LogP contribution in [0.2, 0.25) is 0 Å². The number of urea groups is 1. The lowest BCUT2D eigenvalue weighted by atomic mass is 9.99. The van der Waals surface area contributed by atoms with Gasteiger partial charge >= 0.3 is 6.03 Å². The van der Waals surface area contributed by atoms with Gasteiger partial charge in [0.15, 0.2) is 0 Å². The number of aliphatic hydroxyl groups excluding tert-OH is 1. The minimum atomic E-state index is -0.752. The van der Waals surface area contributed by atoms with Crippen LogP contribution in [0.4, 0.5) is 14.9 Å². The number of aliphatic hydroxyl groups is 1. The van der Waals surface area contributed by atoms with Crippen LogP contribution in [-0.2, 0) is 19.5 Å². The average molecular weight is 442 g/mol. The molecule has 1 aromatic carbocycles. The highest BCUT2D eigenvalue weighted by Crippen LogP contribution is 2.30. The number of nitrogens with zero attached hydrogens (tertiary/aromatic N) is 4. The number of hydrogen-bond acceptors (Lipinski definition) is 4. The Hall–Kier alpha value is -3.20. The summed E-state index contributed by atoms with van der Waals surface area (Å²) in [5, 5.41) is 17.8. The quantitative estimate of drug-likeness (QED) is 0.717. The molecule has 2 N–H and O–H groups in total. The number of aryl methyl sites for hydroxylation is 1. The van der Waals surface area contributed by atoms with E-state index < -0.39 is 6.10 Å². The summed E-state index contributed by atoms with van der Waals surface area (Å²) in [6, 6.07) is 3.98. The van der Waals surface area contributed by atoms with Gasteiger partial charge in [-0.2, -0.15) is 5.10 Å². The van der Waals surface area contributed by atoms with Crippen molar-refractivity contribution in [1.82, 2.24) is 19.6 Å². The summed E-state index contributed by atoms with van der Waals surface area (Å²) in [7, 11) is 1.70. The molecule has 0 saturated carbocycles. The van der Waals surface area contributed by atoms with Crippen LogP contribution in [-0.4, -0.2) is 62.4 Å². The molecule has 1 aromatic heterocycles. The van der Waals surface area contributed by atoms with Crippen molar-refractivity contribution in [3.8, 4) is 0 Å². The third kappa shape index (κ3) is 3.88. The molecule has 4 rings (SSSR count). The summed E-state index contributed by atoms with van der Waals surface area (Å²) in [6.07, 6.45) is 1.23. The lowest BCUT2D eigenvalue weighted by Gasteiger charge is -2.33. The number of aromatic nitrogens is 2. The summed E-state index contributed by atoms with van der Waals surface area (Å²) in [5.74, 6) is -0.728. The highest BCUT2D eigenvalue weighted by Gasteiger charge is 2.37. The second-order valence-corrected chi connectivity index (χ2v) is 8.70. The average Bonchev–Trinajstić information content (AvgIpc) is 3.04. The van der Waals surface area contributed by atoms with Crippen molar-refractivity contribution in [1.29, 1.82) is 0 Å². The van der Waals surface area contributed by atoms with E-state index in [-0.39, 0.29) is 36.3 Å². The Kier molecular flexibility index (Phi) is 5.77. The molecule has 3 amide bonds. The van der Waals surface area contributed by atoms with E-state index in [1.807, 2.05) is 6.92 Å². The third-order valence-corrected chi connectivity index (χ3v) is 6.34. The normalized spacial score (nSPS) is 21.5. The van der Waals surface area contributed by atoms with Crippen LogP contribution >= 0.6 is 0 Å². The van der Waals surface area contributed by atoms with Crippen molar-refractivity contribution < 1.29 is 19.1 Å². The topological polar surface area (TPSA) is 90.7 Å². The van der Waals surface area contributed by atoms with Crippen LogP contribution < -0.4 is 5.32 Å². The van der Waals surface area contributed by atoms with Crippen LogP contribution in [0, 0.1) is 18.7 Å². The summed E-state index contributed by atoms with van der Waals surface area (Å²) < 4.78 is 15.2. The maximum Gasteiger partial charge on any atom is 0.322 e. The van der Waals surface area contributed by atoms with Crippen LogP contribution in [0.1, 0.15) is 34.2 Å². The molecule has 170 valence electrons. The predicted octanol–water partition coefficient (Wildman–Crippen LogP) is 2.56. The van der Waals surface area contributed by atoms with Crippen LogP contribution in [0.3, 0.4) is 0 Å². The summed E-state index contributed by atoms with van der Waals surface area (Å²) in [5.41, 5.74) is 2.95. The second kappa shape index (κ2) is 8.38. The number of nitrogens with one attached hydrogen (secondary N) is 1. The third-order valence-electron chi connectivity index (χ3n) is 6.34. The molecule has 8 nitrogen and oxygen atoms in total. The highest BCUT2D eigenvalue weighted by molar-refractivity contribution is 5.95. The maximum absolute atomic E-state index is 13.6. The molecule has 3 atom stereocenters. The highest BCUT2D eigenvalue weighted by atomic mass is 19.1. The molecule has 9 heteroatoms. The first-order valence-electron chi connectivity index (χ1n) is 10.7. The number of fused-ring (bicyclic) bond motifs is 3. The van der Waals surface area contributed by atoms with Gasteiger partial charge in [0.25, 0.3) is 5.91 Å². The Morgan fingerprint density at radius 3 is 2.84 bits per heavy atom. The Balaban J connectivity index is 1.62. The smallest absolute Gasteiger partial charge is 0.322 e. The van der Waals surface area contributed by atoms with Crippen LogP contribution in [0.5, 0.6) is 0 Å². The van der Waals surface area contributed by atoms with E-state index in [9.17, 15) is 19.1 Å². The molecular formula is C23H28FN5O3. The van der Waals surface area contributed by atoms with Gasteiger partial charge in [0.2, 0.25) is 0 Å². The molecule has 0 radical (unpaired) electrons. The number of rotatable bonds is 3. The number of amides is 3. The predicted molar refractivity (Wildman–Crippen MR) is 118 cm³/mol. The van der Waals surface area contributed by atoms with Crippen LogP contribution in [0.15, 0.2) is 30.9 Å². The Labute approximate surface area is 186 Å². The Morgan fingerprint density at radius 2 is 2.16 bits per heavy atom. The van der Waals surface area contributed by atoms with Gasteiger partial charge in [0.05, 0.1) is 18.3 Å². The summed E-state index contributed by atoms with van der Waals surface area (Å²) >= 11 is 0. The standard InChI is InChI=1S/C23H28FN5O3/c1-5-20(30)15-10-27(4)22(31)21-17-12-28(14(3)9-19(17)26-29(21)11-15)23(32)25-16-6-7-18(24)13(2)8-16/h5-8,14-15,20,30H,1,9-12H2,2-4H3,(H,25,32)/t14-,15+,20-/m1/s1. The van der Waals surface area contributed by atoms with Crippen molar-refractivity contribution in [2.24, 2.45) is 5.92 Å². The minimum Gasteiger partial charge on any atom is -0.389 e. The molecule has 2 aliphatic rings. The van der Waals surface area contributed by atoms with Crippen molar-refractivity contribution in [3.05, 3.63) is 59.2 Å². The molecule has 2 aliphatic heterocycles. The van der Waals surface area contributed by atoms with Crippen molar-refractivity contribution in [2.45, 2.75) is 45.5 Å². The summed E-state index contributed by atoms with van der Waals surface area (Å²) in [4.78, 5) is 29.4. The van der Waals surface area contributed by atoms with E-state index >= 15 is 0 Å². The maximum atomic E-state index is 13.6. The SMILES string of the molecule is C=C[C@@H](O)[C@H]1CN(C)C(=O)c2c3c(nn2C1)C[C@@H](C)N(C(=O)Nc1ccc(F)c(C)c1)C3. The van der Waals surface area contributed by atoms with Gasteiger partial charge in [-0.25, -0.2) is 9.18 Å². The molecule has 0 spiro atoms. The van der Waals surface area contributed by atoms with Gasteiger partial charge in [0.1, 0.15) is 11.5 Å². The van der Waals surface area contributed by atoms with E-state index in [0.717, 1.165) is 11.3 Å². The number of halogens is 1. The first-order valence-corrected chi connectivity index (χ1v) is 10.7. The molecule has 0 unspecified atom stereocenters.